The van der Waals surface area contributed by atoms with E-state index in [0.29, 0.717) is 10.7 Å². The van der Waals surface area contributed by atoms with E-state index < -0.39 is 5.97 Å². The molecule has 0 fully saturated rings. The monoisotopic (exact) mass is 254 g/mol. The van der Waals surface area contributed by atoms with Crippen LogP contribution in [0.15, 0.2) is 23.3 Å². The van der Waals surface area contributed by atoms with Gasteiger partial charge in [-0.15, -0.1) is 0 Å². The number of carbonyl (C=O) groups is 1. The van der Waals surface area contributed by atoms with Crippen molar-refractivity contribution in [1.82, 2.24) is 0 Å². The maximum Gasteiger partial charge on any atom is 0.335 e. The van der Waals surface area contributed by atoms with Crippen molar-refractivity contribution in [2.24, 2.45) is 5.10 Å². The summed E-state index contributed by atoms with van der Waals surface area (Å²) >= 11 is 5.94. The summed E-state index contributed by atoms with van der Waals surface area (Å²) in [5.41, 5.74) is 4.42. The van der Waals surface area contributed by atoms with Gasteiger partial charge in [0.15, 0.2) is 0 Å². The molecule has 2 N–H and O–H groups in total. The molecule has 0 heterocycles. The Balaban J connectivity index is 2.86. The number of aromatic carboxylic acids is 1. The molecule has 0 aliphatic rings. The van der Waals surface area contributed by atoms with E-state index in [0.717, 1.165) is 18.6 Å². The smallest absolute Gasteiger partial charge is 0.335 e. The Bertz CT molecular complexity index is 444. The SMILES string of the molecule is CCC/C(C)=N\Nc1cc(C(=O)O)ccc1Cl. The van der Waals surface area contributed by atoms with Gasteiger partial charge in [-0.1, -0.05) is 24.9 Å². The van der Waals surface area contributed by atoms with E-state index in [1.807, 2.05) is 6.92 Å². The van der Waals surface area contributed by atoms with Gasteiger partial charge in [0, 0.05) is 5.71 Å². The molecule has 0 amide bonds. The minimum absolute atomic E-state index is 0.181. The quantitative estimate of drug-likeness (QED) is 0.623. The number of nitrogens with zero attached hydrogens (tertiary/aromatic N) is 1. The number of hydrogen-bond donors (Lipinski definition) is 2. The fourth-order valence-electron chi connectivity index (χ4n) is 1.32. The van der Waals surface area contributed by atoms with Crippen molar-refractivity contribution in [3.63, 3.8) is 0 Å². The number of rotatable bonds is 5. The van der Waals surface area contributed by atoms with Crippen LogP contribution in [-0.4, -0.2) is 16.8 Å². The van der Waals surface area contributed by atoms with Crippen molar-refractivity contribution in [3.8, 4) is 0 Å². The maximum absolute atomic E-state index is 10.8. The first-order valence-electron chi connectivity index (χ1n) is 5.36. The number of halogens is 1. The van der Waals surface area contributed by atoms with Crippen LogP contribution in [0.1, 0.15) is 37.0 Å². The van der Waals surface area contributed by atoms with Crippen LogP contribution in [-0.2, 0) is 0 Å². The first-order valence-corrected chi connectivity index (χ1v) is 5.74. The highest BCUT2D eigenvalue weighted by atomic mass is 35.5. The zero-order chi connectivity index (χ0) is 12.8. The molecular weight excluding hydrogens is 240 g/mol. The Morgan fingerprint density at radius 1 is 1.53 bits per heavy atom. The predicted molar refractivity (Wildman–Crippen MR) is 70.1 cm³/mol. The molecule has 17 heavy (non-hydrogen) atoms. The minimum atomic E-state index is -0.987. The first kappa shape index (κ1) is 13.5. The van der Waals surface area contributed by atoms with Crippen molar-refractivity contribution in [2.75, 3.05) is 5.43 Å². The van der Waals surface area contributed by atoms with E-state index in [1.54, 1.807) is 0 Å². The maximum atomic E-state index is 10.8. The van der Waals surface area contributed by atoms with E-state index in [9.17, 15) is 4.79 Å². The lowest BCUT2D eigenvalue weighted by Crippen LogP contribution is -2.00. The van der Waals surface area contributed by atoms with Crippen molar-refractivity contribution in [1.29, 1.82) is 0 Å². The summed E-state index contributed by atoms with van der Waals surface area (Å²) in [4.78, 5) is 10.8. The molecule has 0 aliphatic carbocycles. The average molecular weight is 255 g/mol. The zero-order valence-electron chi connectivity index (χ0n) is 9.83. The number of anilines is 1. The van der Waals surface area contributed by atoms with Crippen LogP contribution < -0.4 is 5.43 Å². The van der Waals surface area contributed by atoms with Crippen LogP contribution in [0.25, 0.3) is 0 Å². The molecule has 0 bridgehead atoms. The van der Waals surface area contributed by atoms with Crippen LogP contribution in [0.4, 0.5) is 5.69 Å². The first-order chi connectivity index (χ1) is 8.04. The second kappa shape index (κ2) is 6.25. The normalized spacial score (nSPS) is 11.4. The van der Waals surface area contributed by atoms with Gasteiger partial charge < -0.3 is 5.11 Å². The van der Waals surface area contributed by atoms with Gasteiger partial charge in [0.25, 0.3) is 0 Å². The molecule has 5 heteroatoms. The summed E-state index contributed by atoms with van der Waals surface area (Å²) in [6.07, 6.45) is 1.91. The third kappa shape index (κ3) is 4.07. The summed E-state index contributed by atoms with van der Waals surface area (Å²) in [6.45, 7) is 3.97. The van der Waals surface area contributed by atoms with E-state index >= 15 is 0 Å². The molecule has 0 aliphatic heterocycles. The van der Waals surface area contributed by atoms with E-state index in [-0.39, 0.29) is 5.56 Å². The summed E-state index contributed by atoms with van der Waals surface area (Å²) < 4.78 is 0. The number of carboxylic acid groups (broad SMARTS) is 1. The summed E-state index contributed by atoms with van der Waals surface area (Å²) in [6, 6.07) is 4.46. The van der Waals surface area contributed by atoms with Gasteiger partial charge in [-0.3, -0.25) is 5.43 Å². The second-order valence-corrected chi connectivity index (χ2v) is 4.12. The molecule has 0 spiro atoms. The van der Waals surface area contributed by atoms with Gasteiger partial charge in [0.1, 0.15) is 0 Å². The Labute approximate surface area is 105 Å². The molecule has 0 saturated heterocycles. The fourth-order valence-corrected chi connectivity index (χ4v) is 1.48. The van der Waals surface area contributed by atoms with Gasteiger partial charge in [-0.25, -0.2) is 4.79 Å². The number of carboxylic acids is 1. The minimum Gasteiger partial charge on any atom is -0.478 e. The Morgan fingerprint density at radius 3 is 2.82 bits per heavy atom. The topological polar surface area (TPSA) is 61.7 Å². The van der Waals surface area contributed by atoms with Crippen molar-refractivity contribution in [2.45, 2.75) is 26.7 Å². The highest BCUT2D eigenvalue weighted by molar-refractivity contribution is 6.33. The molecule has 0 unspecified atom stereocenters. The largest absolute Gasteiger partial charge is 0.478 e. The zero-order valence-corrected chi connectivity index (χ0v) is 10.6. The molecule has 4 nitrogen and oxygen atoms in total. The predicted octanol–water partition coefficient (Wildman–Crippen LogP) is 3.63. The Morgan fingerprint density at radius 2 is 2.24 bits per heavy atom. The van der Waals surface area contributed by atoms with Crippen LogP contribution in [0, 0.1) is 0 Å². The van der Waals surface area contributed by atoms with Crippen LogP contribution in [0.3, 0.4) is 0 Å². The molecule has 0 aromatic heterocycles. The van der Waals surface area contributed by atoms with Gasteiger partial charge >= 0.3 is 5.97 Å². The molecular formula is C12H15ClN2O2. The van der Waals surface area contributed by atoms with E-state index in [4.69, 9.17) is 16.7 Å². The number of hydrogen-bond acceptors (Lipinski definition) is 3. The summed E-state index contributed by atoms with van der Waals surface area (Å²) in [5.74, 6) is -0.987. The Kier molecular flexibility index (Phi) is 4.97. The van der Waals surface area contributed by atoms with Gasteiger partial charge in [-0.2, -0.15) is 5.10 Å². The lowest BCUT2D eigenvalue weighted by atomic mass is 10.2. The van der Waals surface area contributed by atoms with Crippen molar-refractivity contribution in [3.05, 3.63) is 28.8 Å². The van der Waals surface area contributed by atoms with Crippen LogP contribution >= 0.6 is 11.6 Å². The van der Waals surface area contributed by atoms with Crippen molar-refractivity contribution >= 4 is 29.0 Å². The van der Waals surface area contributed by atoms with E-state index in [1.165, 1.54) is 18.2 Å². The third-order valence-corrected chi connectivity index (χ3v) is 2.52. The van der Waals surface area contributed by atoms with Gasteiger partial charge in [0.05, 0.1) is 16.3 Å². The number of hydrazone groups is 1. The molecule has 1 aromatic carbocycles. The third-order valence-electron chi connectivity index (χ3n) is 2.19. The molecule has 1 rings (SSSR count). The molecule has 0 radical (unpaired) electrons. The lowest BCUT2D eigenvalue weighted by molar-refractivity contribution is 0.0697. The van der Waals surface area contributed by atoms with Gasteiger partial charge in [-0.05, 0) is 31.5 Å². The lowest BCUT2D eigenvalue weighted by Gasteiger charge is -2.06. The van der Waals surface area contributed by atoms with Crippen LogP contribution in [0.5, 0.6) is 0 Å². The molecule has 92 valence electrons. The summed E-state index contributed by atoms with van der Waals surface area (Å²) in [7, 11) is 0. The van der Waals surface area contributed by atoms with E-state index in [2.05, 4.69) is 17.5 Å². The molecule has 0 saturated carbocycles. The fraction of sp³-hybridized carbons (Fsp3) is 0.333. The highest BCUT2D eigenvalue weighted by Crippen LogP contribution is 2.23. The van der Waals surface area contributed by atoms with Crippen molar-refractivity contribution < 1.29 is 9.90 Å². The molecule has 0 atom stereocenters. The number of benzene rings is 1. The number of nitrogens with one attached hydrogen (secondary N) is 1. The summed E-state index contributed by atoms with van der Waals surface area (Å²) in [5, 5.41) is 13.4. The van der Waals surface area contributed by atoms with Gasteiger partial charge in [0.2, 0.25) is 0 Å². The molecule has 1 aromatic rings. The Hall–Kier alpha value is -1.55. The highest BCUT2D eigenvalue weighted by Gasteiger charge is 2.06. The standard InChI is InChI=1S/C12H15ClN2O2/c1-3-4-8(2)14-15-11-7-9(12(16)17)5-6-10(11)13/h5-7,15H,3-4H2,1-2H3,(H,16,17)/b14-8-. The van der Waals surface area contributed by atoms with Crippen LogP contribution in [0.2, 0.25) is 5.02 Å². The average Bonchev–Trinajstić information content (AvgIpc) is 2.28. The second-order valence-electron chi connectivity index (χ2n) is 3.71.